The van der Waals surface area contributed by atoms with Gasteiger partial charge in [0.2, 0.25) is 0 Å². The molecule has 5 heteroatoms. The van der Waals surface area contributed by atoms with Crippen molar-refractivity contribution in [3.8, 4) is 6.07 Å². The van der Waals surface area contributed by atoms with Gasteiger partial charge >= 0.3 is 0 Å². The lowest BCUT2D eigenvalue weighted by molar-refractivity contribution is 0.102. The lowest BCUT2D eigenvalue weighted by atomic mass is 10.1. The average molecular weight is 305 g/mol. The van der Waals surface area contributed by atoms with Crippen molar-refractivity contribution in [1.82, 2.24) is 4.98 Å². The fraction of sp³-hybridized carbons (Fsp3) is 0.0556. The highest BCUT2D eigenvalue weighted by Gasteiger charge is 2.13. The van der Waals surface area contributed by atoms with Gasteiger partial charge in [0.05, 0.1) is 16.8 Å². The van der Waals surface area contributed by atoms with Crippen molar-refractivity contribution in [3.05, 3.63) is 71.2 Å². The van der Waals surface area contributed by atoms with Gasteiger partial charge in [0.25, 0.3) is 5.91 Å². The van der Waals surface area contributed by atoms with E-state index in [9.17, 15) is 9.18 Å². The summed E-state index contributed by atoms with van der Waals surface area (Å²) in [7, 11) is 0. The topological polar surface area (TPSA) is 65.8 Å². The lowest BCUT2D eigenvalue weighted by Gasteiger charge is -2.09. The molecule has 0 atom stereocenters. The molecule has 1 N–H and O–H groups in total. The number of carbonyl (C=O) groups is 1. The second-order valence-electron chi connectivity index (χ2n) is 5.10. The SMILES string of the molecule is Cc1cc(C(=O)Nc2ccc(F)cc2C#N)nc2ccccc12. The van der Waals surface area contributed by atoms with Crippen LogP contribution in [0.2, 0.25) is 0 Å². The molecule has 0 saturated carbocycles. The van der Waals surface area contributed by atoms with Crippen LogP contribution in [0.5, 0.6) is 0 Å². The smallest absolute Gasteiger partial charge is 0.274 e. The predicted molar refractivity (Wildman–Crippen MR) is 85.5 cm³/mol. The molecule has 0 aliphatic rings. The number of fused-ring (bicyclic) bond motifs is 1. The van der Waals surface area contributed by atoms with Crippen LogP contribution >= 0.6 is 0 Å². The van der Waals surface area contributed by atoms with Crippen LogP contribution < -0.4 is 5.32 Å². The highest BCUT2D eigenvalue weighted by molar-refractivity contribution is 6.05. The van der Waals surface area contributed by atoms with Crippen LogP contribution in [0.4, 0.5) is 10.1 Å². The summed E-state index contributed by atoms with van der Waals surface area (Å²) >= 11 is 0. The maximum Gasteiger partial charge on any atom is 0.274 e. The zero-order valence-electron chi connectivity index (χ0n) is 12.3. The van der Waals surface area contributed by atoms with Crippen LogP contribution in [0.15, 0.2) is 48.5 Å². The van der Waals surface area contributed by atoms with Crippen molar-refractivity contribution < 1.29 is 9.18 Å². The first-order valence-corrected chi connectivity index (χ1v) is 6.96. The van der Waals surface area contributed by atoms with E-state index in [4.69, 9.17) is 5.26 Å². The Kier molecular flexibility index (Phi) is 3.73. The maximum absolute atomic E-state index is 13.1. The molecule has 1 heterocycles. The van der Waals surface area contributed by atoms with E-state index >= 15 is 0 Å². The first kappa shape index (κ1) is 14.7. The van der Waals surface area contributed by atoms with Gasteiger partial charge in [-0.05, 0) is 42.8 Å². The van der Waals surface area contributed by atoms with Crippen molar-refractivity contribution in [2.24, 2.45) is 0 Å². The number of anilines is 1. The van der Waals surface area contributed by atoms with Gasteiger partial charge < -0.3 is 5.32 Å². The largest absolute Gasteiger partial charge is 0.319 e. The van der Waals surface area contributed by atoms with Crippen molar-refractivity contribution >= 4 is 22.5 Å². The molecule has 0 saturated heterocycles. The van der Waals surface area contributed by atoms with Crippen LogP contribution in [-0.2, 0) is 0 Å². The van der Waals surface area contributed by atoms with Crippen molar-refractivity contribution in [2.45, 2.75) is 6.92 Å². The number of aromatic nitrogens is 1. The Bertz CT molecular complexity index is 960. The second kappa shape index (κ2) is 5.85. The predicted octanol–water partition coefficient (Wildman–Crippen LogP) is 3.81. The monoisotopic (exact) mass is 305 g/mol. The van der Waals surface area contributed by atoms with E-state index in [1.807, 2.05) is 37.3 Å². The number of pyridine rings is 1. The minimum atomic E-state index is -0.528. The molecule has 112 valence electrons. The Morgan fingerprint density at radius 1 is 1.22 bits per heavy atom. The van der Waals surface area contributed by atoms with Gasteiger partial charge in [-0.3, -0.25) is 4.79 Å². The molecule has 0 unspecified atom stereocenters. The fourth-order valence-corrected chi connectivity index (χ4v) is 2.37. The van der Waals surface area contributed by atoms with E-state index in [2.05, 4.69) is 10.3 Å². The maximum atomic E-state index is 13.1. The number of nitrogens with one attached hydrogen (secondary N) is 1. The number of hydrogen-bond donors (Lipinski definition) is 1. The number of halogens is 1. The molecule has 0 spiro atoms. The zero-order valence-corrected chi connectivity index (χ0v) is 12.3. The summed E-state index contributed by atoms with van der Waals surface area (Å²) < 4.78 is 13.1. The molecular formula is C18H12FN3O. The Morgan fingerprint density at radius 3 is 2.78 bits per heavy atom. The summed E-state index contributed by atoms with van der Waals surface area (Å²) in [4.78, 5) is 16.7. The molecule has 0 bridgehead atoms. The number of carbonyl (C=O) groups excluding carboxylic acids is 1. The number of rotatable bonds is 2. The summed E-state index contributed by atoms with van der Waals surface area (Å²) in [6.45, 7) is 1.90. The van der Waals surface area contributed by atoms with Crippen molar-refractivity contribution in [3.63, 3.8) is 0 Å². The first-order chi connectivity index (χ1) is 11.1. The molecule has 23 heavy (non-hydrogen) atoms. The van der Waals surface area contributed by atoms with Crippen LogP contribution in [0.1, 0.15) is 21.6 Å². The first-order valence-electron chi connectivity index (χ1n) is 6.96. The molecule has 4 nitrogen and oxygen atoms in total. The van der Waals surface area contributed by atoms with Crippen LogP contribution in [0, 0.1) is 24.1 Å². The molecule has 0 aliphatic carbocycles. The third-order valence-electron chi connectivity index (χ3n) is 3.51. The number of para-hydroxylation sites is 1. The Morgan fingerprint density at radius 2 is 2.00 bits per heavy atom. The minimum absolute atomic E-state index is 0.0656. The molecule has 0 fully saturated rings. The molecule has 3 aromatic rings. The second-order valence-corrected chi connectivity index (χ2v) is 5.10. The van der Waals surface area contributed by atoms with Gasteiger partial charge in [-0.2, -0.15) is 5.26 Å². The zero-order chi connectivity index (χ0) is 16.4. The third-order valence-corrected chi connectivity index (χ3v) is 3.51. The Hall–Kier alpha value is -3.26. The lowest BCUT2D eigenvalue weighted by Crippen LogP contribution is -2.15. The third kappa shape index (κ3) is 2.87. The van der Waals surface area contributed by atoms with Crippen LogP contribution in [0.25, 0.3) is 10.9 Å². The summed E-state index contributed by atoms with van der Waals surface area (Å²) in [5.41, 5.74) is 2.22. The molecule has 0 radical (unpaired) electrons. The van der Waals surface area contributed by atoms with Gasteiger partial charge in [0, 0.05) is 5.39 Å². The summed E-state index contributed by atoms with van der Waals surface area (Å²) in [6, 6.07) is 14.7. The van der Waals surface area contributed by atoms with Crippen LogP contribution in [0.3, 0.4) is 0 Å². The number of nitriles is 1. The van der Waals surface area contributed by atoms with Gasteiger partial charge in [0.15, 0.2) is 0 Å². The normalized spacial score (nSPS) is 10.3. The summed E-state index contributed by atoms with van der Waals surface area (Å²) in [5.74, 6) is -0.971. The summed E-state index contributed by atoms with van der Waals surface area (Å²) in [5, 5.41) is 12.6. The molecular weight excluding hydrogens is 293 g/mol. The number of benzene rings is 2. The van der Waals surface area contributed by atoms with E-state index in [1.165, 1.54) is 12.1 Å². The van der Waals surface area contributed by atoms with Gasteiger partial charge in [-0.1, -0.05) is 18.2 Å². The standard InChI is InChI=1S/C18H12FN3O/c1-11-8-17(21-16-5-3-2-4-14(11)16)18(23)22-15-7-6-13(19)9-12(15)10-20/h2-9H,1H3,(H,22,23). The van der Waals surface area contributed by atoms with Crippen LogP contribution in [-0.4, -0.2) is 10.9 Å². The highest BCUT2D eigenvalue weighted by atomic mass is 19.1. The van der Waals surface area contributed by atoms with Gasteiger partial charge in [-0.25, -0.2) is 9.37 Å². The number of aryl methyl sites for hydroxylation is 1. The van der Waals surface area contributed by atoms with E-state index in [1.54, 1.807) is 6.07 Å². The highest BCUT2D eigenvalue weighted by Crippen LogP contribution is 2.20. The number of nitrogens with zero attached hydrogens (tertiary/aromatic N) is 2. The summed E-state index contributed by atoms with van der Waals surface area (Å²) in [6.07, 6.45) is 0. The van der Waals surface area contributed by atoms with E-state index in [-0.39, 0.29) is 16.9 Å². The number of hydrogen-bond acceptors (Lipinski definition) is 3. The quantitative estimate of drug-likeness (QED) is 0.783. The van der Waals surface area contributed by atoms with Crippen molar-refractivity contribution in [2.75, 3.05) is 5.32 Å². The van der Waals surface area contributed by atoms with E-state index < -0.39 is 11.7 Å². The molecule has 0 aliphatic heterocycles. The van der Waals surface area contributed by atoms with Gasteiger partial charge in [-0.15, -0.1) is 0 Å². The molecule has 3 rings (SSSR count). The van der Waals surface area contributed by atoms with Crippen molar-refractivity contribution in [1.29, 1.82) is 5.26 Å². The minimum Gasteiger partial charge on any atom is -0.319 e. The van der Waals surface area contributed by atoms with Gasteiger partial charge in [0.1, 0.15) is 17.6 Å². The average Bonchev–Trinajstić information content (AvgIpc) is 2.56. The molecule has 2 aromatic carbocycles. The Balaban J connectivity index is 1.97. The van der Waals surface area contributed by atoms with E-state index in [0.29, 0.717) is 0 Å². The Labute approximate surface area is 132 Å². The molecule has 1 aromatic heterocycles. The molecule has 1 amide bonds. The number of amides is 1. The van der Waals surface area contributed by atoms with E-state index in [0.717, 1.165) is 22.5 Å². The fourth-order valence-electron chi connectivity index (χ4n) is 2.37.